The fraction of sp³-hybridized carbons (Fsp3) is 0.632. The summed E-state index contributed by atoms with van der Waals surface area (Å²) in [6, 6.07) is 0. The Morgan fingerprint density at radius 3 is 2.88 bits per heavy atom. The molecule has 0 amide bonds. The standard InChI is InChI=1S/C19H28N6O/c1-23-14-20-9-16(23)11-24-6-4-17-18(5-7-24)21-13-22-19(17)25-8-3-15(10-25)12-26-2/h9,13-15H,3-8,10-12H2,1-2H3/t15-/m1/s1. The van der Waals surface area contributed by atoms with E-state index in [2.05, 4.69) is 36.4 Å². The lowest BCUT2D eigenvalue weighted by molar-refractivity contribution is 0.161. The molecule has 0 N–H and O–H groups in total. The number of methoxy groups -OCH3 is 1. The summed E-state index contributed by atoms with van der Waals surface area (Å²) in [5.41, 5.74) is 3.82. The Balaban J connectivity index is 1.47. The number of hydrogen-bond donors (Lipinski definition) is 0. The maximum atomic E-state index is 5.34. The van der Waals surface area contributed by atoms with E-state index in [9.17, 15) is 0 Å². The van der Waals surface area contributed by atoms with Crippen molar-refractivity contribution in [2.45, 2.75) is 25.8 Å². The minimum Gasteiger partial charge on any atom is -0.384 e. The van der Waals surface area contributed by atoms with E-state index >= 15 is 0 Å². The van der Waals surface area contributed by atoms with Crippen molar-refractivity contribution in [2.24, 2.45) is 13.0 Å². The number of imidazole rings is 1. The summed E-state index contributed by atoms with van der Waals surface area (Å²) in [7, 11) is 3.85. The quantitative estimate of drug-likeness (QED) is 0.804. The topological polar surface area (TPSA) is 59.3 Å². The van der Waals surface area contributed by atoms with Gasteiger partial charge in [-0.2, -0.15) is 0 Å². The molecule has 0 saturated carbocycles. The molecule has 0 unspecified atom stereocenters. The lowest BCUT2D eigenvalue weighted by Crippen LogP contribution is -2.27. The van der Waals surface area contributed by atoms with Crippen molar-refractivity contribution in [3.05, 3.63) is 35.8 Å². The van der Waals surface area contributed by atoms with Crippen molar-refractivity contribution in [3.8, 4) is 0 Å². The molecule has 0 radical (unpaired) electrons. The van der Waals surface area contributed by atoms with Gasteiger partial charge in [-0.3, -0.25) is 4.90 Å². The second-order valence-electron chi connectivity index (χ2n) is 7.45. The normalized spacial score (nSPS) is 21.0. The number of rotatable bonds is 5. The average molecular weight is 356 g/mol. The molecule has 1 atom stereocenters. The molecule has 7 nitrogen and oxygen atoms in total. The summed E-state index contributed by atoms with van der Waals surface area (Å²) < 4.78 is 7.44. The zero-order valence-corrected chi connectivity index (χ0v) is 15.8. The van der Waals surface area contributed by atoms with Gasteiger partial charge in [0.05, 0.1) is 24.3 Å². The van der Waals surface area contributed by atoms with Crippen molar-refractivity contribution >= 4 is 5.82 Å². The lowest BCUT2D eigenvalue weighted by Gasteiger charge is -2.22. The van der Waals surface area contributed by atoms with Crippen molar-refractivity contribution in [1.29, 1.82) is 0 Å². The minimum absolute atomic E-state index is 0.609. The summed E-state index contributed by atoms with van der Waals surface area (Å²) in [5, 5.41) is 0. The van der Waals surface area contributed by atoms with Crippen molar-refractivity contribution in [2.75, 3.05) is 44.8 Å². The Morgan fingerprint density at radius 2 is 2.08 bits per heavy atom. The lowest BCUT2D eigenvalue weighted by atomic mass is 10.1. The Labute approximate surface area is 155 Å². The van der Waals surface area contributed by atoms with E-state index in [0.29, 0.717) is 5.92 Å². The predicted molar refractivity (Wildman–Crippen MR) is 100 cm³/mol. The fourth-order valence-electron chi connectivity index (χ4n) is 4.15. The highest BCUT2D eigenvalue weighted by Gasteiger charge is 2.27. The summed E-state index contributed by atoms with van der Waals surface area (Å²) in [6.45, 7) is 5.94. The zero-order chi connectivity index (χ0) is 17.9. The van der Waals surface area contributed by atoms with Gasteiger partial charge < -0.3 is 14.2 Å². The van der Waals surface area contributed by atoms with Gasteiger partial charge in [-0.25, -0.2) is 15.0 Å². The van der Waals surface area contributed by atoms with Crippen LogP contribution in [0.25, 0.3) is 0 Å². The van der Waals surface area contributed by atoms with E-state index < -0.39 is 0 Å². The molecule has 0 aliphatic carbocycles. The Morgan fingerprint density at radius 1 is 1.19 bits per heavy atom. The van der Waals surface area contributed by atoms with Crippen LogP contribution in [0, 0.1) is 5.92 Å². The first-order valence-corrected chi connectivity index (χ1v) is 9.48. The molecule has 1 saturated heterocycles. The maximum Gasteiger partial charge on any atom is 0.135 e. The first-order valence-electron chi connectivity index (χ1n) is 9.48. The molecule has 0 spiro atoms. The molecule has 2 aromatic rings. The molecule has 0 bridgehead atoms. The molecule has 26 heavy (non-hydrogen) atoms. The molecular formula is C19H28N6O. The van der Waals surface area contributed by atoms with Gasteiger partial charge in [-0.05, 0) is 12.8 Å². The molecule has 0 aromatic carbocycles. The van der Waals surface area contributed by atoms with Crippen LogP contribution in [-0.2, 0) is 31.2 Å². The predicted octanol–water partition coefficient (Wildman–Crippen LogP) is 1.28. The van der Waals surface area contributed by atoms with Gasteiger partial charge in [0.1, 0.15) is 12.1 Å². The number of aryl methyl sites for hydroxylation is 1. The van der Waals surface area contributed by atoms with E-state index in [-0.39, 0.29) is 0 Å². The minimum atomic E-state index is 0.609. The number of aromatic nitrogens is 4. The molecule has 1 fully saturated rings. The van der Waals surface area contributed by atoms with Gasteiger partial charge in [-0.15, -0.1) is 0 Å². The van der Waals surface area contributed by atoms with Gasteiger partial charge in [-0.1, -0.05) is 0 Å². The molecule has 4 heterocycles. The Kier molecular flexibility index (Phi) is 5.17. The largest absolute Gasteiger partial charge is 0.384 e. The first-order chi connectivity index (χ1) is 12.7. The van der Waals surface area contributed by atoms with E-state index in [4.69, 9.17) is 4.74 Å². The van der Waals surface area contributed by atoms with Crippen molar-refractivity contribution in [3.63, 3.8) is 0 Å². The van der Waals surface area contributed by atoms with E-state index in [0.717, 1.165) is 58.0 Å². The summed E-state index contributed by atoms with van der Waals surface area (Å²) in [5.74, 6) is 1.76. The van der Waals surface area contributed by atoms with Crippen LogP contribution in [0.15, 0.2) is 18.9 Å². The number of hydrogen-bond acceptors (Lipinski definition) is 6. The second-order valence-corrected chi connectivity index (χ2v) is 7.45. The first kappa shape index (κ1) is 17.4. The Bertz CT molecular complexity index is 745. The maximum absolute atomic E-state index is 5.34. The SMILES string of the molecule is COC[C@@H]1CCN(c2ncnc3c2CCN(Cc2cncn2C)CC3)C1. The van der Waals surface area contributed by atoms with Crippen LogP contribution in [0.5, 0.6) is 0 Å². The number of nitrogens with zero attached hydrogens (tertiary/aromatic N) is 6. The van der Waals surface area contributed by atoms with Crippen LogP contribution in [-0.4, -0.2) is 64.3 Å². The van der Waals surface area contributed by atoms with E-state index in [1.807, 2.05) is 12.5 Å². The molecule has 140 valence electrons. The van der Waals surface area contributed by atoms with Gasteiger partial charge in [0.2, 0.25) is 0 Å². The monoisotopic (exact) mass is 356 g/mol. The fourth-order valence-corrected chi connectivity index (χ4v) is 4.15. The number of ether oxygens (including phenoxy) is 1. The molecule has 2 aliphatic heterocycles. The summed E-state index contributed by atoms with van der Waals surface area (Å²) in [4.78, 5) is 18.4. The third-order valence-corrected chi connectivity index (χ3v) is 5.64. The van der Waals surface area contributed by atoms with Gasteiger partial charge in [0, 0.05) is 71.0 Å². The van der Waals surface area contributed by atoms with Crippen LogP contribution in [0.3, 0.4) is 0 Å². The van der Waals surface area contributed by atoms with Crippen LogP contribution < -0.4 is 4.90 Å². The van der Waals surface area contributed by atoms with Crippen LogP contribution in [0.1, 0.15) is 23.4 Å². The molecule has 2 aromatic heterocycles. The second kappa shape index (κ2) is 7.72. The average Bonchev–Trinajstić information content (AvgIpc) is 3.21. The summed E-state index contributed by atoms with van der Waals surface area (Å²) in [6.07, 6.45) is 8.75. The highest BCUT2D eigenvalue weighted by molar-refractivity contribution is 5.50. The van der Waals surface area contributed by atoms with Crippen LogP contribution >= 0.6 is 0 Å². The van der Waals surface area contributed by atoms with Crippen molar-refractivity contribution in [1.82, 2.24) is 24.4 Å². The van der Waals surface area contributed by atoms with Crippen molar-refractivity contribution < 1.29 is 4.74 Å². The van der Waals surface area contributed by atoms with Gasteiger partial charge in [0.15, 0.2) is 0 Å². The van der Waals surface area contributed by atoms with E-state index in [1.54, 1.807) is 13.4 Å². The summed E-state index contributed by atoms with van der Waals surface area (Å²) >= 11 is 0. The highest BCUT2D eigenvalue weighted by Crippen LogP contribution is 2.28. The molecular weight excluding hydrogens is 328 g/mol. The van der Waals surface area contributed by atoms with Gasteiger partial charge in [0.25, 0.3) is 0 Å². The van der Waals surface area contributed by atoms with E-state index in [1.165, 1.54) is 23.4 Å². The highest BCUT2D eigenvalue weighted by atomic mass is 16.5. The smallest absolute Gasteiger partial charge is 0.135 e. The third-order valence-electron chi connectivity index (χ3n) is 5.64. The Hall–Kier alpha value is -1.99. The number of anilines is 1. The van der Waals surface area contributed by atoms with Crippen LogP contribution in [0.4, 0.5) is 5.82 Å². The van der Waals surface area contributed by atoms with Gasteiger partial charge >= 0.3 is 0 Å². The third kappa shape index (κ3) is 3.59. The molecule has 7 heteroatoms. The van der Waals surface area contributed by atoms with Crippen LogP contribution in [0.2, 0.25) is 0 Å². The molecule has 2 aliphatic rings. The zero-order valence-electron chi connectivity index (χ0n) is 15.8. The molecule has 4 rings (SSSR count). The number of fused-ring (bicyclic) bond motifs is 1.